The highest BCUT2D eigenvalue weighted by Crippen LogP contribution is 2.34. The molecule has 0 spiro atoms. The minimum Gasteiger partial charge on any atom is -0.397 e. The third-order valence-corrected chi connectivity index (χ3v) is 5.05. The quantitative estimate of drug-likeness (QED) is 0.909. The van der Waals surface area contributed by atoms with E-state index in [9.17, 15) is 4.79 Å². The summed E-state index contributed by atoms with van der Waals surface area (Å²) in [6, 6.07) is 1.91. The molecule has 3 N–H and O–H groups in total. The Balaban J connectivity index is 2.25. The van der Waals surface area contributed by atoms with Crippen LogP contribution in [0.15, 0.2) is 12.3 Å². The Labute approximate surface area is 129 Å². The number of fused-ring (bicyclic) bond motifs is 1. The van der Waals surface area contributed by atoms with Gasteiger partial charge in [0.1, 0.15) is 9.71 Å². The first-order valence-electron chi connectivity index (χ1n) is 6.83. The lowest BCUT2D eigenvalue weighted by Gasteiger charge is -2.32. The van der Waals surface area contributed by atoms with Crippen molar-refractivity contribution in [2.45, 2.75) is 26.3 Å². The van der Waals surface area contributed by atoms with E-state index in [4.69, 9.17) is 5.73 Å². The highest BCUT2D eigenvalue weighted by molar-refractivity contribution is 7.21. The van der Waals surface area contributed by atoms with Gasteiger partial charge in [-0.1, -0.05) is 0 Å². The number of aromatic nitrogens is 1. The first-order chi connectivity index (χ1) is 9.74. The van der Waals surface area contributed by atoms with Crippen LogP contribution in [-0.2, 0) is 0 Å². The Morgan fingerprint density at radius 3 is 2.71 bits per heavy atom. The number of hydrogen-bond acceptors (Lipinski definition) is 5. The van der Waals surface area contributed by atoms with Crippen LogP contribution in [-0.4, -0.2) is 42.0 Å². The van der Waals surface area contributed by atoms with Crippen molar-refractivity contribution in [1.29, 1.82) is 0 Å². The van der Waals surface area contributed by atoms with Crippen LogP contribution in [0.25, 0.3) is 10.2 Å². The Morgan fingerprint density at radius 2 is 2.14 bits per heavy atom. The van der Waals surface area contributed by atoms with E-state index in [2.05, 4.69) is 29.0 Å². The second-order valence-electron chi connectivity index (χ2n) is 6.04. The molecule has 0 bridgehead atoms. The van der Waals surface area contributed by atoms with Crippen LogP contribution in [0.3, 0.4) is 0 Å². The third-order valence-electron chi connectivity index (χ3n) is 3.94. The monoisotopic (exact) mass is 306 g/mol. The zero-order chi connectivity index (χ0) is 15.8. The molecule has 0 unspecified atom stereocenters. The van der Waals surface area contributed by atoms with Gasteiger partial charge in [-0.25, -0.2) is 4.98 Å². The zero-order valence-electron chi connectivity index (χ0n) is 13.2. The van der Waals surface area contributed by atoms with Gasteiger partial charge in [-0.05, 0) is 46.5 Å². The van der Waals surface area contributed by atoms with Crippen molar-refractivity contribution in [2.24, 2.45) is 0 Å². The third kappa shape index (κ3) is 3.01. The van der Waals surface area contributed by atoms with E-state index in [0.29, 0.717) is 17.1 Å². The highest BCUT2D eigenvalue weighted by Gasteiger charge is 2.23. The summed E-state index contributed by atoms with van der Waals surface area (Å²) in [7, 11) is 3.99. The van der Waals surface area contributed by atoms with Crippen molar-refractivity contribution in [1.82, 2.24) is 15.2 Å². The molecule has 2 heterocycles. The summed E-state index contributed by atoms with van der Waals surface area (Å²) in [5.41, 5.74) is 7.59. The average Bonchev–Trinajstić information content (AvgIpc) is 2.75. The minimum atomic E-state index is -0.134. The van der Waals surface area contributed by atoms with Crippen molar-refractivity contribution in [3.8, 4) is 0 Å². The number of hydrogen-bond donors (Lipinski definition) is 2. The fourth-order valence-corrected chi connectivity index (χ4v) is 2.96. The Kier molecular flexibility index (Phi) is 4.20. The van der Waals surface area contributed by atoms with E-state index in [1.54, 1.807) is 6.20 Å². The number of anilines is 1. The smallest absolute Gasteiger partial charge is 0.263 e. The standard InChI is InChI=1S/C15H22N4OS/c1-9-6-7-17-14-10(9)11(16)12(21-14)13(20)18-8-15(2,3)19(4)5/h6-7H,8,16H2,1-5H3,(H,18,20). The number of nitrogen functional groups attached to an aromatic ring is 1. The number of aryl methyl sites for hydroxylation is 1. The van der Waals surface area contributed by atoms with Gasteiger partial charge in [0.2, 0.25) is 0 Å². The summed E-state index contributed by atoms with van der Waals surface area (Å²) in [5, 5.41) is 3.85. The number of nitrogens with one attached hydrogen (secondary N) is 1. The molecular weight excluding hydrogens is 284 g/mol. The van der Waals surface area contributed by atoms with Crippen molar-refractivity contribution < 1.29 is 4.79 Å². The Morgan fingerprint density at radius 1 is 1.48 bits per heavy atom. The van der Waals surface area contributed by atoms with Crippen LogP contribution < -0.4 is 11.1 Å². The van der Waals surface area contributed by atoms with Crippen molar-refractivity contribution in [3.05, 3.63) is 22.7 Å². The number of amides is 1. The maximum Gasteiger partial charge on any atom is 0.263 e. The van der Waals surface area contributed by atoms with Gasteiger partial charge >= 0.3 is 0 Å². The normalized spacial score (nSPS) is 12.1. The molecule has 1 amide bonds. The maximum atomic E-state index is 12.4. The van der Waals surface area contributed by atoms with Crippen molar-refractivity contribution >= 4 is 33.1 Å². The van der Waals surface area contributed by atoms with Crippen LogP contribution in [0.4, 0.5) is 5.69 Å². The van der Waals surface area contributed by atoms with Gasteiger partial charge in [-0.3, -0.25) is 4.79 Å². The van der Waals surface area contributed by atoms with Gasteiger partial charge in [0.05, 0.1) is 5.69 Å². The number of carbonyl (C=O) groups is 1. The summed E-state index contributed by atoms with van der Waals surface area (Å²) in [6.07, 6.45) is 1.74. The molecule has 0 aliphatic heterocycles. The van der Waals surface area contributed by atoms with Gasteiger partial charge in [0, 0.05) is 23.7 Å². The van der Waals surface area contributed by atoms with E-state index in [1.807, 2.05) is 27.1 Å². The molecule has 21 heavy (non-hydrogen) atoms. The molecule has 6 heteroatoms. The molecule has 114 valence electrons. The van der Waals surface area contributed by atoms with Crippen LogP contribution in [0.5, 0.6) is 0 Å². The molecule has 0 radical (unpaired) electrons. The van der Waals surface area contributed by atoms with Crippen LogP contribution in [0.2, 0.25) is 0 Å². The SMILES string of the molecule is Cc1ccnc2sc(C(=O)NCC(C)(C)N(C)C)c(N)c12. The van der Waals surface area contributed by atoms with Gasteiger partial charge < -0.3 is 16.0 Å². The fraction of sp³-hybridized carbons (Fsp3) is 0.467. The van der Waals surface area contributed by atoms with E-state index in [0.717, 1.165) is 15.8 Å². The Bertz CT molecular complexity index is 676. The molecule has 0 saturated heterocycles. The fourth-order valence-electron chi connectivity index (χ4n) is 1.91. The summed E-state index contributed by atoms with van der Waals surface area (Å²) in [6.45, 7) is 6.68. The number of nitrogens with two attached hydrogens (primary N) is 1. The number of thiophene rings is 1. The predicted molar refractivity (Wildman–Crippen MR) is 88.9 cm³/mol. The van der Waals surface area contributed by atoms with E-state index in [1.165, 1.54) is 11.3 Å². The lowest BCUT2D eigenvalue weighted by Crippen LogP contribution is -2.48. The molecule has 2 aromatic rings. The summed E-state index contributed by atoms with van der Waals surface area (Å²) in [5.74, 6) is -0.134. The molecule has 0 atom stereocenters. The lowest BCUT2D eigenvalue weighted by atomic mass is 10.0. The molecule has 0 aromatic carbocycles. The van der Waals surface area contributed by atoms with Crippen LogP contribution in [0.1, 0.15) is 29.1 Å². The molecule has 2 rings (SSSR count). The molecule has 0 fully saturated rings. The zero-order valence-corrected chi connectivity index (χ0v) is 14.0. The largest absolute Gasteiger partial charge is 0.397 e. The molecule has 5 nitrogen and oxygen atoms in total. The second-order valence-corrected chi connectivity index (χ2v) is 7.04. The first kappa shape index (κ1) is 15.7. The predicted octanol–water partition coefficient (Wildman–Crippen LogP) is 2.26. The average molecular weight is 306 g/mol. The summed E-state index contributed by atoms with van der Waals surface area (Å²) < 4.78 is 0. The molecule has 2 aromatic heterocycles. The van der Waals surface area contributed by atoms with E-state index in [-0.39, 0.29) is 11.4 Å². The van der Waals surface area contributed by atoms with E-state index < -0.39 is 0 Å². The lowest BCUT2D eigenvalue weighted by molar-refractivity contribution is 0.0924. The second kappa shape index (κ2) is 5.61. The van der Waals surface area contributed by atoms with E-state index >= 15 is 0 Å². The van der Waals surface area contributed by atoms with Crippen molar-refractivity contribution in [2.75, 3.05) is 26.4 Å². The summed E-state index contributed by atoms with van der Waals surface area (Å²) >= 11 is 1.34. The first-order valence-corrected chi connectivity index (χ1v) is 7.65. The van der Waals surface area contributed by atoms with Crippen molar-refractivity contribution in [3.63, 3.8) is 0 Å². The highest BCUT2D eigenvalue weighted by atomic mass is 32.1. The number of rotatable bonds is 4. The summed E-state index contributed by atoms with van der Waals surface area (Å²) in [4.78, 5) is 20.1. The van der Waals surface area contributed by atoms with Gasteiger partial charge in [0.25, 0.3) is 5.91 Å². The maximum absolute atomic E-state index is 12.4. The molecule has 0 aliphatic rings. The number of carbonyl (C=O) groups excluding carboxylic acids is 1. The van der Waals surface area contributed by atoms with Gasteiger partial charge in [-0.2, -0.15) is 0 Å². The van der Waals surface area contributed by atoms with Gasteiger partial charge in [0.15, 0.2) is 0 Å². The number of likely N-dealkylation sites (N-methyl/N-ethyl adjacent to an activating group) is 1. The van der Waals surface area contributed by atoms with Gasteiger partial charge in [-0.15, -0.1) is 11.3 Å². The topological polar surface area (TPSA) is 71.2 Å². The minimum absolute atomic E-state index is 0.116. The molecular formula is C15H22N4OS. The van der Waals surface area contributed by atoms with Crippen LogP contribution >= 0.6 is 11.3 Å². The Hall–Kier alpha value is -1.66. The molecule has 0 aliphatic carbocycles. The number of pyridine rings is 1. The van der Waals surface area contributed by atoms with Crippen LogP contribution in [0, 0.1) is 6.92 Å². The number of nitrogens with zero attached hydrogens (tertiary/aromatic N) is 2. The molecule has 0 saturated carbocycles.